The molecular formula is C14H12F3N5O3S. The number of aromatic nitrogens is 5. The van der Waals surface area contributed by atoms with Gasteiger partial charge in [0.25, 0.3) is 5.56 Å². The van der Waals surface area contributed by atoms with Crippen LogP contribution in [0.15, 0.2) is 34.1 Å². The molecule has 0 aliphatic heterocycles. The third kappa shape index (κ3) is 2.85. The van der Waals surface area contributed by atoms with E-state index in [9.17, 15) is 26.4 Å². The van der Waals surface area contributed by atoms with Gasteiger partial charge in [-0.15, -0.1) is 5.10 Å². The molecule has 0 spiro atoms. The highest BCUT2D eigenvalue weighted by Crippen LogP contribution is 2.30. The van der Waals surface area contributed by atoms with Gasteiger partial charge in [-0.2, -0.15) is 22.7 Å². The van der Waals surface area contributed by atoms with Crippen LogP contribution in [0.2, 0.25) is 0 Å². The minimum Gasteiger partial charge on any atom is -0.295 e. The van der Waals surface area contributed by atoms with Gasteiger partial charge in [-0.3, -0.25) is 14.3 Å². The van der Waals surface area contributed by atoms with Crippen molar-refractivity contribution in [3.05, 3.63) is 40.4 Å². The van der Waals surface area contributed by atoms with Crippen molar-refractivity contribution in [3.63, 3.8) is 0 Å². The van der Waals surface area contributed by atoms with Crippen molar-refractivity contribution < 1.29 is 21.6 Å². The predicted molar refractivity (Wildman–Crippen MR) is 84.2 cm³/mol. The second-order valence-corrected chi connectivity index (χ2v) is 7.57. The fraction of sp³-hybridized carbons (Fsp3) is 0.286. The predicted octanol–water partition coefficient (Wildman–Crippen LogP) is 1.30. The van der Waals surface area contributed by atoms with E-state index in [1.807, 2.05) is 0 Å². The largest absolute Gasteiger partial charge is 0.433 e. The highest BCUT2D eigenvalue weighted by molar-refractivity contribution is 7.91. The van der Waals surface area contributed by atoms with Crippen LogP contribution < -0.4 is 5.56 Å². The van der Waals surface area contributed by atoms with Crippen molar-refractivity contribution in [1.29, 1.82) is 0 Å². The van der Waals surface area contributed by atoms with Crippen molar-refractivity contribution in [3.8, 4) is 11.5 Å². The number of hydrogen-bond donors (Lipinski definition) is 0. The van der Waals surface area contributed by atoms with Gasteiger partial charge in [0, 0.05) is 19.3 Å². The Hall–Kier alpha value is -2.76. The standard InChI is InChI=1S/C14H12F3N5O3S/c1-3-26(24,25)8-5-4-6-18-11(8)12-20-22-9(14(15,16)17)7-10(23)19-13(22)21(12)2/h4-7H,3H2,1-2H3. The van der Waals surface area contributed by atoms with Gasteiger partial charge in [-0.25, -0.2) is 8.42 Å². The van der Waals surface area contributed by atoms with Crippen molar-refractivity contribution in [2.45, 2.75) is 18.0 Å². The minimum absolute atomic E-state index is 0.122. The lowest BCUT2D eigenvalue weighted by molar-refractivity contribution is -0.142. The summed E-state index contributed by atoms with van der Waals surface area (Å²) >= 11 is 0. The normalized spacial score (nSPS) is 12.7. The summed E-state index contributed by atoms with van der Waals surface area (Å²) in [5, 5.41) is 3.83. The Kier molecular flexibility index (Phi) is 4.09. The van der Waals surface area contributed by atoms with Gasteiger partial charge in [-0.05, 0) is 12.1 Å². The Morgan fingerprint density at radius 1 is 1.27 bits per heavy atom. The molecule has 0 aromatic carbocycles. The molecule has 0 aliphatic carbocycles. The van der Waals surface area contributed by atoms with E-state index in [2.05, 4.69) is 15.1 Å². The van der Waals surface area contributed by atoms with E-state index in [1.165, 1.54) is 32.3 Å². The summed E-state index contributed by atoms with van der Waals surface area (Å²) in [6.45, 7) is 1.43. The molecule has 0 unspecified atom stereocenters. The molecule has 3 rings (SSSR count). The Labute approximate surface area is 144 Å². The minimum atomic E-state index is -4.85. The number of rotatable bonds is 3. The molecule has 0 N–H and O–H groups in total. The first kappa shape index (κ1) is 18.0. The molecule has 26 heavy (non-hydrogen) atoms. The van der Waals surface area contributed by atoms with Crippen LogP contribution in [0.4, 0.5) is 13.2 Å². The van der Waals surface area contributed by atoms with E-state index in [0.29, 0.717) is 10.6 Å². The van der Waals surface area contributed by atoms with E-state index < -0.39 is 27.3 Å². The summed E-state index contributed by atoms with van der Waals surface area (Å²) in [4.78, 5) is 18.9. The third-order valence-corrected chi connectivity index (χ3v) is 5.45. The maximum absolute atomic E-state index is 13.2. The average molecular weight is 387 g/mol. The molecule has 0 amide bonds. The van der Waals surface area contributed by atoms with Crippen LogP contribution in [0.25, 0.3) is 17.3 Å². The van der Waals surface area contributed by atoms with Crippen LogP contribution >= 0.6 is 0 Å². The molecule has 3 aromatic heterocycles. The summed E-state index contributed by atoms with van der Waals surface area (Å²) in [6.07, 6.45) is -3.55. The van der Waals surface area contributed by atoms with Crippen LogP contribution in [-0.2, 0) is 23.1 Å². The van der Waals surface area contributed by atoms with Crippen LogP contribution in [0.5, 0.6) is 0 Å². The number of aryl methyl sites for hydroxylation is 1. The topological polar surface area (TPSA) is 99.2 Å². The molecule has 12 heteroatoms. The summed E-state index contributed by atoms with van der Waals surface area (Å²) in [7, 11) is -2.39. The lowest BCUT2D eigenvalue weighted by Gasteiger charge is -2.07. The summed E-state index contributed by atoms with van der Waals surface area (Å²) in [5.41, 5.74) is -2.53. The lowest BCUT2D eigenvalue weighted by Crippen LogP contribution is -2.19. The van der Waals surface area contributed by atoms with Crippen LogP contribution in [0, 0.1) is 0 Å². The zero-order valence-electron chi connectivity index (χ0n) is 13.5. The molecule has 0 saturated heterocycles. The van der Waals surface area contributed by atoms with Crippen molar-refractivity contribution in [1.82, 2.24) is 24.1 Å². The molecular weight excluding hydrogens is 375 g/mol. The van der Waals surface area contributed by atoms with Gasteiger partial charge in [0.1, 0.15) is 5.69 Å². The quantitative estimate of drug-likeness (QED) is 0.672. The molecule has 3 aromatic rings. The molecule has 0 radical (unpaired) electrons. The third-order valence-electron chi connectivity index (χ3n) is 3.69. The zero-order valence-corrected chi connectivity index (χ0v) is 14.3. The second kappa shape index (κ2) is 5.90. The number of alkyl halides is 3. The molecule has 0 atom stereocenters. The van der Waals surface area contributed by atoms with Crippen LogP contribution in [0.1, 0.15) is 12.6 Å². The SMILES string of the molecule is CCS(=O)(=O)c1cccnc1-c1nn2c(C(F)(F)F)cc(=O)nc2n1C. The van der Waals surface area contributed by atoms with Crippen LogP contribution in [-0.4, -0.2) is 38.3 Å². The fourth-order valence-electron chi connectivity index (χ4n) is 2.41. The van der Waals surface area contributed by atoms with E-state index in [-0.39, 0.29) is 27.9 Å². The smallest absolute Gasteiger partial charge is 0.295 e. The summed E-state index contributed by atoms with van der Waals surface area (Å²) in [5.74, 6) is -0.772. The number of sulfone groups is 1. The van der Waals surface area contributed by atoms with E-state index >= 15 is 0 Å². The zero-order chi connectivity index (χ0) is 19.3. The number of halogens is 3. The fourth-order valence-corrected chi connectivity index (χ4v) is 3.44. The molecule has 3 heterocycles. The maximum Gasteiger partial charge on any atom is 0.433 e. The van der Waals surface area contributed by atoms with E-state index in [4.69, 9.17) is 0 Å². The van der Waals surface area contributed by atoms with Gasteiger partial charge in [-0.1, -0.05) is 6.92 Å². The number of hydrogen-bond acceptors (Lipinski definition) is 6. The molecule has 0 saturated carbocycles. The number of pyridine rings is 1. The molecule has 0 fully saturated rings. The van der Waals surface area contributed by atoms with Gasteiger partial charge >= 0.3 is 6.18 Å². The summed E-state index contributed by atoms with van der Waals surface area (Å²) in [6, 6.07) is 3.02. The first-order valence-electron chi connectivity index (χ1n) is 7.28. The molecule has 0 aliphatic rings. The Morgan fingerprint density at radius 3 is 2.58 bits per heavy atom. The van der Waals surface area contributed by atoms with Crippen molar-refractivity contribution >= 4 is 15.6 Å². The average Bonchev–Trinajstić information content (AvgIpc) is 2.90. The highest BCUT2D eigenvalue weighted by atomic mass is 32.2. The Morgan fingerprint density at radius 2 is 1.96 bits per heavy atom. The Balaban J connectivity index is 2.40. The van der Waals surface area contributed by atoms with E-state index in [1.54, 1.807) is 0 Å². The molecule has 8 nitrogen and oxygen atoms in total. The first-order valence-corrected chi connectivity index (χ1v) is 8.93. The first-order chi connectivity index (χ1) is 12.1. The molecule has 138 valence electrons. The monoisotopic (exact) mass is 387 g/mol. The van der Waals surface area contributed by atoms with Crippen molar-refractivity contribution in [2.75, 3.05) is 5.75 Å². The Bertz CT molecular complexity index is 1160. The van der Waals surface area contributed by atoms with Gasteiger partial charge in [0.05, 0.1) is 10.6 Å². The van der Waals surface area contributed by atoms with Gasteiger partial charge in [0.15, 0.2) is 21.4 Å². The molecule has 0 bridgehead atoms. The highest BCUT2D eigenvalue weighted by Gasteiger charge is 2.36. The lowest BCUT2D eigenvalue weighted by atomic mass is 10.3. The van der Waals surface area contributed by atoms with Crippen LogP contribution in [0.3, 0.4) is 0 Å². The number of nitrogens with zero attached hydrogens (tertiary/aromatic N) is 5. The summed E-state index contributed by atoms with van der Waals surface area (Å²) < 4.78 is 65.7. The number of fused-ring (bicyclic) bond motifs is 1. The van der Waals surface area contributed by atoms with Gasteiger partial charge in [0.2, 0.25) is 5.78 Å². The van der Waals surface area contributed by atoms with E-state index in [0.717, 1.165) is 4.57 Å². The second-order valence-electron chi connectivity index (χ2n) is 5.33. The van der Waals surface area contributed by atoms with Gasteiger partial charge < -0.3 is 0 Å². The van der Waals surface area contributed by atoms with Crippen molar-refractivity contribution in [2.24, 2.45) is 7.05 Å². The maximum atomic E-state index is 13.2.